The predicted octanol–water partition coefficient (Wildman–Crippen LogP) is 2.79. The average Bonchev–Trinajstić information content (AvgIpc) is 2.65. The minimum Gasteiger partial charge on any atom is -0.497 e. The first-order valence-corrected chi connectivity index (χ1v) is 7.26. The Labute approximate surface area is 140 Å². The van der Waals surface area contributed by atoms with E-state index in [9.17, 15) is 9.59 Å². The van der Waals surface area contributed by atoms with E-state index in [-0.39, 0.29) is 6.54 Å². The number of nitrogens with zero attached hydrogens (tertiary/aromatic N) is 1. The molecular formula is C18H19NO5. The normalized spacial score (nSPS) is 9.96. The van der Waals surface area contributed by atoms with Crippen molar-refractivity contribution in [3.63, 3.8) is 0 Å². The number of benzene rings is 2. The third kappa shape index (κ3) is 3.84. The highest BCUT2D eigenvalue weighted by Gasteiger charge is 2.21. The van der Waals surface area contributed by atoms with Crippen LogP contribution in [0.15, 0.2) is 48.5 Å². The zero-order valence-electron chi connectivity index (χ0n) is 13.8. The molecule has 0 heterocycles. The van der Waals surface area contributed by atoms with Crippen LogP contribution in [0.4, 0.5) is 11.4 Å². The Bertz CT molecular complexity index is 715. The van der Waals surface area contributed by atoms with E-state index in [1.54, 1.807) is 23.1 Å². The first kappa shape index (κ1) is 17.3. The molecule has 0 atom stereocenters. The first-order valence-electron chi connectivity index (χ1n) is 7.26. The fourth-order valence-electron chi connectivity index (χ4n) is 2.27. The summed E-state index contributed by atoms with van der Waals surface area (Å²) in [6.45, 7) is -0.0448. The van der Waals surface area contributed by atoms with Crippen molar-refractivity contribution >= 4 is 23.3 Å². The average molecular weight is 329 g/mol. The highest BCUT2D eigenvalue weighted by atomic mass is 16.5. The molecule has 0 aromatic heterocycles. The summed E-state index contributed by atoms with van der Waals surface area (Å²) in [7, 11) is 4.14. The first-order chi connectivity index (χ1) is 11.6. The van der Waals surface area contributed by atoms with Crippen molar-refractivity contribution in [2.24, 2.45) is 0 Å². The second-order valence-electron chi connectivity index (χ2n) is 4.87. The molecule has 2 rings (SSSR count). The maximum Gasteiger partial charge on any atom is 0.340 e. The van der Waals surface area contributed by atoms with Gasteiger partial charge in [0, 0.05) is 5.69 Å². The van der Waals surface area contributed by atoms with Crippen molar-refractivity contribution in [1.29, 1.82) is 0 Å². The predicted molar refractivity (Wildman–Crippen MR) is 89.8 cm³/mol. The van der Waals surface area contributed by atoms with Gasteiger partial charge in [-0.15, -0.1) is 0 Å². The molecule has 0 aliphatic carbocycles. The van der Waals surface area contributed by atoms with Crippen molar-refractivity contribution in [2.75, 3.05) is 32.8 Å². The van der Waals surface area contributed by atoms with Crippen molar-refractivity contribution < 1.29 is 23.8 Å². The summed E-state index contributed by atoms with van der Waals surface area (Å²) in [6.07, 6.45) is 0. The Kier molecular flexibility index (Phi) is 5.78. The van der Waals surface area contributed by atoms with E-state index in [1.807, 2.05) is 30.3 Å². The van der Waals surface area contributed by atoms with Crippen LogP contribution in [0.2, 0.25) is 0 Å². The molecule has 24 heavy (non-hydrogen) atoms. The number of para-hydroxylation sites is 1. The van der Waals surface area contributed by atoms with E-state index in [0.29, 0.717) is 17.0 Å². The molecule has 0 saturated carbocycles. The fourth-order valence-corrected chi connectivity index (χ4v) is 2.27. The summed E-state index contributed by atoms with van der Waals surface area (Å²) in [6, 6.07) is 14.3. The van der Waals surface area contributed by atoms with Gasteiger partial charge in [0.1, 0.15) is 12.3 Å². The number of hydrogen-bond acceptors (Lipinski definition) is 6. The van der Waals surface area contributed by atoms with Crippen LogP contribution in [-0.2, 0) is 14.3 Å². The minimum atomic E-state index is -0.519. The lowest BCUT2D eigenvalue weighted by Crippen LogP contribution is -2.27. The second-order valence-corrected chi connectivity index (χ2v) is 4.87. The number of rotatable bonds is 6. The quantitative estimate of drug-likeness (QED) is 0.759. The molecule has 0 spiro atoms. The molecular weight excluding hydrogens is 310 g/mol. The molecule has 0 saturated heterocycles. The van der Waals surface area contributed by atoms with Gasteiger partial charge in [-0.05, 0) is 30.3 Å². The number of methoxy groups -OCH3 is 3. The fraction of sp³-hybridized carbons (Fsp3) is 0.222. The van der Waals surface area contributed by atoms with Gasteiger partial charge in [0.15, 0.2) is 0 Å². The monoisotopic (exact) mass is 329 g/mol. The summed E-state index contributed by atoms with van der Waals surface area (Å²) in [5, 5.41) is 0. The van der Waals surface area contributed by atoms with E-state index in [1.165, 1.54) is 21.3 Å². The summed E-state index contributed by atoms with van der Waals surface area (Å²) < 4.78 is 14.8. The minimum absolute atomic E-state index is 0.0448. The molecule has 0 N–H and O–H groups in total. The van der Waals surface area contributed by atoms with E-state index >= 15 is 0 Å². The highest BCUT2D eigenvalue weighted by Crippen LogP contribution is 2.31. The molecule has 0 aliphatic rings. The molecule has 6 nitrogen and oxygen atoms in total. The van der Waals surface area contributed by atoms with Crippen LogP contribution in [-0.4, -0.2) is 39.8 Å². The van der Waals surface area contributed by atoms with Gasteiger partial charge in [-0.3, -0.25) is 4.79 Å². The number of carbonyl (C=O) groups excluding carboxylic acids is 2. The van der Waals surface area contributed by atoms with Crippen molar-refractivity contribution in [3.8, 4) is 5.75 Å². The lowest BCUT2D eigenvalue weighted by atomic mass is 10.1. The van der Waals surface area contributed by atoms with Crippen molar-refractivity contribution in [2.45, 2.75) is 0 Å². The number of anilines is 2. The molecule has 0 amide bonds. The van der Waals surface area contributed by atoms with Crippen molar-refractivity contribution in [3.05, 3.63) is 54.1 Å². The number of ether oxygens (including phenoxy) is 3. The maximum absolute atomic E-state index is 12.2. The summed E-state index contributed by atoms with van der Waals surface area (Å²) in [4.78, 5) is 25.7. The van der Waals surface area contributed by atoms with Crippen LogP contribution in [0.3, 0.4) is 0 Å². The standard InChI is InChI=1S/C18H19NO5/c1-22-14-9-10-16(15(11-14)18(21)24-3)19(12-17(20)23-2)13-7-5-4-6-8-13/h4-11H,12H2,1-3H3. The summed E-state index contributed by atoms with van der Waals surface area (Å²) >= 11 is 0. The number of esters is 2. The Balaban J connectivity index is 2.56. The van der Waals surface area contributed by atoms with Gasteiger partial charge < -0.3 is 19.1 Å². The maximum atomic E-state index is 12.2. The number of carbonyl (C=O) groups is 2. The van der Waals surface area contributed by atoms with Crippen LogP contribution in [0, 0.1) is 0 Å². The molecule has 2 aromatic carbocycles. The largest absolute Gasteiger partial charge is 0.497 e. The molecule has 6 heteroatoms. The van der Waals surface area contributed by atoms with Gasteiger partial charge in [-0.25, -0.2) is 4.79 Å². The van der Waals surface area contributed by atoms with Gasteiger partial charge in [0.05, 0.1) is 32.6 Å². The summed E-state index contributed by atoms with van der Waals surface area (Å²) in [5.41, 5.74) is 1.57. The van der Waals surface area contributed by atoms with Crippen LogP contribution in [0.1, 0.15) is 10.4 Å². The van der Waals surface area contributed by atoms with E-state index in [0.717, 1.165) is 5.69 Å². The van der Waals surface area contributed by atoms with Crippen LogP contribution >= 0.6 is 0 Å². The van der Waals surface area contributed by atoms with Gasteiger partial charge in [0.2, 0.25) is 0 Å². The molecule has 0 aliphatic heterocycles. The van der Waals surface area contributed by atoms with Crippen LogP contribution in [0.25, 0.3) is 0 Å². The van der Waals surface area contributed by atoms with Crippen LogP contribution < -0.4 is 9.64 Å². The van der Waals surface area contributed by atoms with Gasteiger partial charge in [-0.2, -0.15) is 0 Å². The smallest absolute Gasteiger partial charge is 0.340 e. The Morgan fingerprint density at radius 2 is 1.67 bits per heavy atom. The van der Waals surface area contributed by atoms with Gasteiger partial charge in [-0.1, -0.05) is 18.2 Å². The Hall–Kier alpha value is -3.02. The van der Waals surface area contributed by atoms with E-state index < -0.39 is 11.9 Å². The molecule has 0 bridgehead atoms. The van der Waals surface area contributed by atoms with E-state index in [2.05, 4.69) is 0 Å². The third-order valence-corrected chi connectivity index (χ3v) is 3.48. The van der Waals surface area contributed by atoms with Gasteiger partial charge >= 0.3 is 11.9 Å². The SMILES string of the molecule is COC(=O)CN(c1ccccc1)c1ccc(OC)cc1C(=O)OC. The van der Waals surface area contributed by atoms with E-state index in [4.69, 9.17) is 14.2 Å². The van der Waals surface area contributed by atoms with Crippen LogP contribution in [0.5, 0.6) is 5.75 Å². The lowest BCUT2D eigenvalue weighted by molar-refractivity contribution is -0.138. The Morgan fingerprint density at radius 1 is 0.958 bits per heavy atom. The second kappa shape index (κ2) is 8.01. The highest BCUT2D eigenvalue weighted by molar-refractivity contribution is 5.98. The lowest BCUT2D eigenvalue weighted by Gasteiger charge is -2.25. The number of hydrogen-bond donors (Lipinski definition) is 0. The third-order valence-electron chi connectivity index (χ3n) is 3.48. The molecule has 2 aromatic rings. The summed E-state index contributed by atoms with van der Waals surface area (Å²) in [5.74, 6) is -0.426. The van der Waals surface area contributed by atoms with Gasteiger partial charge in [0.25, 0.3) is 0 Å². The van der Waals surface area contributed by atoms with Crippen molar-refractivity contribution in [1.82, 2.24) is 0 Å². The zero-order valence-corrected chi connectivity index (χ0v) is 13.8. The molecule has 0 radical (unpaired) electrons. The molecule has 0 unspecified atom stereocenters. The molecule has 0 fully saturated rings. The Morgan fingerprint density at radius 3 is 2.25 bits per heavy atom. The zero-order chi connectivity index (χ0) is 17.5. The topological polar surface area (TPSA) is 65.1 Å². The molecule has 126 valence electrons.